The number of carbonyl (C=O) groups excluding carboxylic acids is 1. The molecule has 0 aromatic carbocycles. The summed E-state index contributed by atoms with van der Waals surface area (Å²) in [5.74, 6) is 0.433. The molecule has 2 aromatic heterocycles. The Kier molecular flexibility index (Phi) is 5.16. The van der Waals surface area contributed by atoms with E-state index in [1.807, 2.05) is 29.4 Å². The summed E-state index contributed by atoms with van der Waals surface area (Å²) in [5.41, 5.74) is 2.55. The predicted octanol–water partition coefficient (Wildman–Crippen LogP) is 2.86. The Labute approximate surface area is 147 Å². The first-order valence-electron chi connectivity index (χ1n) is 8.19. The van der Waals surface area contributed by atoms with Crippen LogP contribution in [0.5, 0.6) is 0 Å². The van der Waals surface area contributed by atoms with Gasteiger partial charge in [0.25, 0.3) is 0 Å². The van der Waals surface area contributed by atoms with Crippen molar-refractivity contribution in [3.05, 3.63) is 52.0 Å². The number of carbonyl (C=O) groups is 1. The number of likely N-dealkylation sites (tertiary alicyclic amines) is 1. The molecule has 1 unspecified atom stereocenters. The largest absolute Gasteiger partial charge is 0.336 e. The number of urea groups is 1. The summed E-state index contributed by atoms with van der Waals surface area (Å²) in [5, 5.41) is 5.20. The minimum atomic E-state index is 0.0290. The van der Waals surface area contributed by atoms with Gasteiger partial charge in [0, 0.05) is 42.8 Å². The van der Waals surface area contributed by atoms with Crippen molar-refractivity contribution < 1.29 is 4.79 Å². The number of rotatable bonds is 5. The molecule has 2 amide bonds. The van der Waals surface area contributed by atoms with Gasteiger partial charge in [-0.25, -0.2) is 4.79 Å². The third-order valence-electron chi connectivity index (χ3n) is 4.62. The Bertz CT molecular complexity index is 679. The van der Waals surface area contributed by atoms with Crippen LogP contribution in [-0.2, 0) is 0 Å². The summed E-state index contributed by atoms with van der Waals surface area (Å²) < 4.78 is 0. The number of thiophene rings is 1. The van der Waals surface area contributed by atoms with E-state index in [1.165, 1.54) is 16.0 Å². The van der Waals surface area contributed by atoms with Crippen LogP contribution in [0, 0.1) is 6.92 Å². The van der Waals surface area contributed by atoms with Crippen molar-refractivity contribution in [3.63, 3.8) is 0 Å². The number of aromatic nitrogens is 1. The van der Waals surface area contributed by atoms with Gasteiger partial charge < -0.3 is 15.1 Å². The minimum absolute atomic E-state index is 0.0290. The molecule has 24 heavy (non-hydrogen) atoms. The molecule has 0 aliphatic carbocycles. The number of nitrogens with one attached hydrogen (secondary N) is 1. The van der Waals surface area contributed by atoms with Crippen molar-refractivity contribution >= 4 is 17.4 Å². The SMILES string of the molecule is Cc1ccsc1C(CNC(=O)N1CC(c2ccncc2)C1)N(C)C. The van der Waals surface area contributed by atoms with E-state index in [2.05, 4.69) is 47.7 Å². The maximum absolute atomic E-state index is 12.4. The lowest BCUT2D eigenvalue weighted by atomic mass is 9.93. The van der Waals surface area contributed by atoms with Gasteiger partial charge in [-0.2, -0.15) is 0 Å². The van der Waals surface area contributed by atoms with Crippen molar-refractivity contribution in [3.8, 4) is 0 Å². The van der Waals surface area contributed by atoms with Gasteiger partial charge in [-0.1, -0.05) is 0 Å². The van der Waals surface area contributed by atoms with Crippen molar-refractivity contribution in [2.45, 2.75) is 18.9 Å². The molecule has 1 atom stereocenters. The molecular weight excluding hydrogens is 320 g/mol. The quantitative estimate of drug-likeness (QED) is 0.907. The molecule has 0 radical (unpaired) electrons. The molecule has 0 spiro atoms. The molecule has 2 aromatic rings. The average molecular weight is 344 g/mol. The van der Waals surface area contributed by atoms with Crippen LogP contribution in [-0.4, -0.2) is 54.5 Å². The number of aryl methyl sites for hydroxylation is 1. The number of hydrogen-bond donors (Lipinski definition) is 1. The average Bonchev–Trinajstić information content (AvgIpc) is 2.93. The van der Waals surface area contributed by atoms with Crippen molar-refractivity contribution in [2.75, 3.05) is 33.7 Å². The summed E-state index contributed by atoms with van der Waals surface area (Å²) in [6.45, 7) is 4.31. The highest BCUT2D eigenvalue weighted by Crippen LogP contribution is 2.28. The first-order valence-corrected chi connectivity index (χ1v) is 9.07. The summed E-state index contributed by atoms with van der Waals surface area (Å²) in [4.78, 5) is 21.8. The van der Waals surface area contributed by atoms with Crippen molar-refractivity contribution in [2.24, 2.45) is 0 Å². The lowest BCUT2D eigenvalue weighted by Gasteiger charge is -2.39. The molecule has 1 fully saturated rings. The number of hydrogen-bond acceptors (Lipinski definition) is 4. The minimum Gasteiger partial charge on any atom is -0.336 e. The molecule has 128 valence electrons. The van der Waals surface area contributed by atoms with E-state index in [4.69, 9.17) is 0 Å². The Morgan fingerprint density at radius 3 is 2.67 bits per heavy atom. The fourth-order valence-corrected chi connectivity index (χ4v) is 4.15. The van der Waals surface area contributed by atoms with Gasteiger partial charge in [-0.3, -0.25) is 4.98 Å². The Morgan fingerprint density at radius 1 is 1.38 bits per heavy atom. The molecule has 1 aliphatic rings. The summed E-state index contributed by atoms with van der Waals surface area (Å²) in [6.07, 6.45) is 3.62. The lowest BCUT2D eigenvalue weighted by molar-refractivity contribution is 0.148. The van der Waals surface area contributed by atoms with Crippen LogP contribution in [0.15, 0.2) is 36.0 Å². The van der Waals surface area contributed by atoms with E-state index in [-0.39, 0.29) is 12.1 Å². The number of likely N-dealkylation sites (N-methyl/N-ethyl adjacent to an activating group) is 1. The Morgan fingerprint density at radius 2 is 2.08 bits per heavy atom. The second kappa shape index (κ2) is 7.32. The molecule has 1 saturated heterocycles. The van der Waals surface area contributed by atoms with E-state index in [1.54, 1.807) is 11.3 Å². The fraction of sp³-hybridized carbons (Fsp3) is 0.444. The highest BCUT2D eigenvalue weighted by Gasteiger charge is 2.32. The maximum Gasteiger partial charge on any atom is 0.317 e. The van der Waals surface area contributed by atoms with Crippen LogP contribution >= 0.6 is 11.3 Å². The maximum atomic E-state index is 12.4. The molecule has 5 nitrogen and oxygen atoms in total. The molecule has 3 heterocycles. The zero-order valence-electron chi connectivity index (χ0n) is 14.4. The van der Waals surface area contributed by atoms with E-state index in [0.717, 1.165) is 13.1 Å². The molecule has 6 heteroatoms. The van der Waals surface area contributed by atoms with E-state index in [0.29, 0.717) is 12.5 Å². The Hall–Kier alpha value is -1.92. The molecular formula is C18H24N4OS. The molecule has 3 rings (SSSR count). The smallest absolute Gasteiger partial charge is 0.317 e. The predicted molar refractivity (Wildman–Crippen MR) is 97.4 cm³/mol. The van der Waals surface area contributed by atoms with Crippen molar-refractivity contribution in [1.29, 1.82) is 0 Å². The van der Waals surface area contributed by atoms with Gasteiger partial charge in [-0.15, -0.1) is 11.3 Å². The first-order chi connectivity index (χ1) is 11.6. The standard InChI is InChI=1S/C18H24N4OS/c1-13-6-9-24-17(13)16(21(2)3)10-20-18(23)22-11-15(12-22)14-4-7-19-8-5-14/h4-9,15-16H,10-12H2,1-3H3,(H,20,23). The molecule has 1 N–H and O–H groups in total. The van der Waals surface area contributed by atoms with Crippen LogP contribution in [0.1, 0.15) is 28.0 Å². The number of amides is 2. The zero-order chi connectivity index (χ0) is 17.1. The lowest BCUT2D eigenvalue weighted by Crippen LogP contribution is -2.53. The monoisotopic (exact) mass is 344 g/mol. The number of pyridine rings is 1. The summed E-state index contributed by atoms with van der Waals surface area (Å²) in [6, 6.07) is 6.43. The first kappa shape index (κ1) is 16.9. The van der Waals surface area contributed by atoms with E-state index < -0.39 is 0 Å². The third kappa shape index (κ3) is 3.60. The summed E-state index contributed by atoms with van der Waals surface area (Å²) >= 11 is 1.75. The van der Waals surface area contributed by atoms with E-state index in [9.17, 15) is 4.79 Å². The van der Waals surface area contributed by atoms with Gasteiger partial charge >= 0.3 is 6.03 Å². The van der Waals surface area contributed by atoms with Crippen LogP contribution in [0.4, 0.5) is 4.79 Å². The number of nitrogens with zero attached hydrogens (tertiary/aromatic N) is 3. The van der Waals surface area contributed by atoms with Gasteiger partial charge in [0.1, 0.15) is 0 Å². The fourth-order valence-electron chi connectivity index (χ4n) is 3.02. The molecule has 0 saturated carbocycles. The summed E-state index contributed by atoms with van der Waals surface area (Å²) in [7, 11) is 4.11. The second-order valence-electron chi connectivity index (χ2n) is 6.52. The second-order valence-corrected chi connectivity index (χ2v) is 7.46. The molecule has 1 aliphatic heterocycles. The zero-order valence-corrected chi connectivity index (χ0v) is 15.2. The molecule has 0 bridgehead atoms. The normalized spacial score (nSPS) is 16.1. The highest BCUT2D eigenvalue weighted by atomic mass is 32.1. The van der Waals surface area contributed by atoms with Crippen LogP contribution < -0.4 is 5.32 Å². The topological polar surface area (TPSA) is 48.5 Å². The van der Waals surface area contributed by atoms with Gasteiger partial charge in [0.15, 0.2) is 0 Å². The van der Waals surface area contributed by atoms with Crippen LogP contribution in [0.3, 0.4) is 0 Å². The van der Waals surface area contributed by atoms with Gasteiger partial charge in [0.2, 0.25) is 0 Å². The van der Waals surface area contributed by atoms with E-state index >= 15 is 0 Å². The van der Waals surface area contributed by atoms with Crippen LogP contribution in [0.25, 0.3) is 0 Å². The third-order valence-corrected chi connectivity index (χ3v) is 5.74. The van der Waals surface area contributed by atoms with Crippen LogP contribution in [0.2, 0.25) is 0 Å². The van der Waals surface area contributed by atoms with Gasteiger partial charge in [0.05, 0.1) is 6.04 Å². The Balaban J connectivity index is 1.52. The highest BCUT2D eigenvalue weighted by molar-refractivity contribution is 7.10. The van der Waals surface area contributed by atoms with Crippen molar-refractivity contribution in [1.82, 2.24) is 20.1 Å². The van der Waals surface area contributed by atoms with Gasteiger partial charge in [-0.05, 0) is 55.7 Å².